The zero-order chi connectivity index (χ0) is 23.1. The highest BCUT2D eigenvalue weighted by atomic mass is 35.5. The number of hydrogen-bond donors (Lipinski definition) is 5. The number of ether oxygens (including phenoxy) is 3. The Hall–Kier alpha value is -2.16. The number of nitrogen functional groups attached to an aromatic ring is 1. The number of carbonyl (C=O) groups is 1. The second-order valence-electron chi connectivity index (χ2n) is 6.55. The van der Waals surface area contributed by atoms with E-state index in [1.54, 1.807) is 0 Å². The van der Waals surface area contributed by atoms with Crippen molar-refractivity contribution in [3.63, 3.8) is 0 Å². The van der Waals surface area contributed by atoms with Crippen molar-refractivity contribution in [1.82, 2.24) is 19.5 Å². The van der Waals surface area contributed by atoms with Gasteiger partial charge in [-0.3, -0.25) is 9.13 Å². The molecule has 0 aliphatic carbocycles. The van der Waals surface area contributed by atoms with E-state index in [0.717, 1.165) is 13.2 Å². The third-order valence-electron chi connectivity index (χ3n) is 4.70. The third kappa shape index (κ3) is 4.16. The van der Waals surface area contributed by atoms with Crippen LogP contribution in [0.25, 0.3) is 11.2 Å². The van der Waals surface area contributed by atoms with E-state index >= 15 is 0 Å². The molecule has 2 aromatic heterocycles. The van der Waals surface area contributed by atoms with Crippen LogP contribution in [0.5, 0.6) is 0 Å². The maximum Gasteiger partial charge on any atom is 0.365 e. The predicted molar refractivity (Wildman–Crippen MR) is 104 cm³/mol. The number of nitrogens with zero attached hydrogens (tertiary/aromatic N) is 4. The summed E-state index contributed by atoms with van der Waals surface area (Å²) in [5.41, 5.74) is 3.87. The van der Waals surface area contributed by atoms with Gasteiger partial charge in [-0.15, -0.1) is 6.58 Å². The van der Waals surface area contributed by atoms with E-state index in [9.17, 15) is 29.4 Å². The summed E-state index contributed by atoms with van der Waals surface area (Å²) in [6.45, 7) is 2.75. The summed E-state index contributed by atoms with van der Waals surface area (Å²) >= 11 is 5.83. The van der Waals surface area contributed by atoms with Gasteiger partial charge in [-0.05, 0) is 11.6 Å². The van der Waals surface area contributed by atoms with E-state index in [1.165, 1.54) is 10.9 Å². The monoisotopic (exact) mass is 479 g/mol. The average Bonchev–Trinajstić information content (AvgIpc) is 3.21. The number of fused-ring (bicyclic) bond motifs is 1. The number of imidazole rings is 1. The van der Waals surface area contributed by atoms with Crippen molar-refractivity contribution >= 4 is 42.1 Å². The second-order valence-corrected chi connectivity index (χ2v) is 8.54. The van der Waals surface area contributed by atoms with E-state index in [1.807, 2.05) is 0 Å². The quantitative estimate of drug-likeness (QED) is 0.139. The van der Waals surface area contributed by atoms with Crippen LogP contribution in [0.4, 0.5) is 5.82 Å². The van der Waals surface area contributed by atoms with Crippen molar-refractivity contribution in [3.8, 4) is 0 Å². The van der Waals surface area contributed by atoms with Gasteiger partial charge in [0.25, 0.3) is 5.85 Å². The minimum Gasteiger partial charge on any atom is -0.467 e. The molecule has 16 heteroatoms. The van der Waals surface area contributed by atoms with E-state index in [0.29, 0.717) is 0 Å². The molecule has 0 aromatic carbocycles. The molecular weight excluding hydrogens is 461 g/mol. The number of aliphatic hydroxyl groups is 2. The van der Waals surface area contributed by atoms with Crippen molar-refractivity contribution in [2.75, 3.05) is 19.5 Å². The molecule has 0 spiro atoms. The Kier molecular flexibility index (Phi) is 6.37. The lowest BCUT2D eigenvalue weighted by atomic mass is 9.92. The van der Waals surface area contributed by atoms with Gasteiger partial charge >= 0.3 is 13.6 Å². The van der Waals surface area contributed by atoms with Crippen molar-refractivity contribution in [2.45, 2.75) is 29.9 Å². The van der Waals surface area contributed by atoms with Crippen LogP contribution in [-0.2, 0) is 23.6 Å². The molecule has 6 N–H and O–H groups in total. The molecular formula is C15H19ClN5O9P. The highest BCUT2D eigenvalue weighted by Crippen LogP contribution is 2.44. The lowest BCUT2D eigenvalue weighted by molar-refractivity contribution is -0.154. The fourth-order valence-electron chi connectivity index (χ4n) is 3.09. The molecule has 0 bridgehead atoms. The summed E-state index contributed by atoms with van der Waals surface area (Å²) < 4.78 is 27.8. The van der Waals surface area contributed by atoms with Crippen LogP contribution < -0.4 is 5.73 Å². The van der Waals surface area contributed by atoms with E-state index in [2.05, 4.69) is 26.3 Å². The summed E-state index contributed by atoms with van der Waals surface area (Å²) in [5, 5.41) is 21.4. The van der Waals surface area contributed by atoms with Crippen molar-refractivity contribution in [1.29, 1.82) is 0 Å². The van der Waals surface area contributed by atoms with Crippen molar-refractivity contribution < 1.29 is 43.6 Å². The molecule has 0 radical (unpaired) electrons. The van der Waals surface area contributed by atoms with Crippen LogP contribution in [0.1, 0.15) is 6.23 Å². The minimum atomic E-state index is -5.06. The lowest BCUT2D eigenvalue weighted by Gasteiger charge is -2.28. The Morgan fingerprint density at radius 2 is 2.23 bits per heavy atom. The standard InChI is InChI=1S/C15H19ClN5O9P/c1-3-15(24)6(4-29-13(12(23)28-2)31(25,26)27)30-11(8(15)22)21-5-18-7-9(17)19-14(16)20-10(7)21/h3,5-6,8,11,13,22,24H,1,4H2,2H3,(H2,17,19,20)(H2,25,26,27)/t6-,8+,11-,13?,15-/m1/s1. The average molecular weight is 480 g/mol. The number of anilines is 1. The molecule has 31 heavy (non-hydrogen) atoms. The molecule has 0 amide bonds. The van der Waals surface area contributed by atoms with Crippen molar-refractivity contribution in [2.24, 2.45) is 0 Å². The van der Waals surface area contributed by atoms with Gasteiger partial charge in [-0.2, -0.15) is 9.97 Å². The highest BCUT2D eigenvalue weighted by molar-refractivity contribution is 7.53. The number of aromatic nitrogens is 4. The SMILES string of the molecule is C=C[C@@]1(O)[C@@H](COC(C(=O)OC)P(=O)(O)O)O[C@@H](n2cnc3c(N)nc(Cl)nc32)[C@@H]1O. The van der Waals surface area contributed by atoms with Gasteiger partial charge in [-0.1, -0.05) is 6.08 Å². The normalized spacial score (nSPS) is 27.4. The number of hydrogen-bond acceptors (Lipinski definition) is 11. The third-order valence-corrected chi connectivity index (χ3v) is 5.84. The predicted octanol–water partition coefficient (Wildman–Crippen LogP) is -1.07. The molecule has 1 aliphatic rings. The molecule has 0 saturated carbocycles. The van der Waals surface area contributed by atoms with Crippen LogP contribution in [0.2, 0.25) is 5.28 Å². The van der Waals surface area contributed by atoms with E-state index < -0.39 is 50.1 Å². The first-order valence-corrected chi connectivity index (χ1v) is 10.6. The zero-order valence-electron chi connectivity index (χ0n) is 15.9. The first kappa shape index (κ1) is 23.5. The van der Waals surface area contributed by atoms with Gasteiger partial charge in [0.2, 0.25) is 5.28 Å². The van der Waals surface area contributed by atoms with Crippen LogP contribution in [0.3, 0.4) is 0 Å². The molecule has 1 fully saturated rings. The number of methoxy groups -OCH3 is 1. The Labute approximate surface area is 179 Å². The largest absolute Gasteiger partial charge is 0.467 e. The summed E-state index contributed by atoms with van der Waals surface area (Å²) in [6, 6.07) is 0. The molecule has 1 saturated heterocycles. The molecule has 3 heterocycles. The van der Waals surface area contributed by atoms with Crippen LogP contribution in [-0.4, -0.2) is 82.9 Å². The zero-order valence-corrected chi connectivity index (χ0v) is 17.6. The second kappa shape index (κ2) is 8.41. The topological polar surface area (TPSA) is 212 Å². The molecule has 5 atom stereocenters. The van der Waals surface area contributed by atoms with Gasteiger partial charge in [0.15, 0.2) is 17.7 Å². The van der Waals surface area contributed by atoms with E-state index in [-0.39, 0.29) is 22.3 Å². The number of rotatable bonds is 7. The van der Waals surface area contributed by atoms with Crippen LogP contribution in [0.15, 0.2) is 19.0 Å². The molecule has 3 rings (SSSR count). The summed E-state index contributed by atoms with van der Waals surface area (Å²) in [6.07, 6.45) is -2.17. The fourth-order valence-corrected chi connectivity index (χ4v) is 3.92. The maximum absolute atomic E-state index is 11.7. The summed E-state index contributed by atoms with van der Waals surface area (Å²) in [7, 11) is -4.14. The molecule has 1 aliphatic heterocycles. The number of nitrogens with two attached hydrogens (primary N) is 1. The Balaban J connectivity index is 1.92. The van der Waals surface area contributed by atoms with Crippen LogP contribution >= 0.6 is 19.2 Å². The lowest BCUT2D eigenvalue weighted by Crippen LogP contribution is -2.48. The molecule has 1 unspecified atom stereocenters. The van der Waals surface area contributed by atoms with Gasteiger partial charge in [-0.25, -0.2) is 9.78 Å². The van der Waals surface area contributed by atoms with Gasteiger partial charge < -0.3 is 39.9 Å². The first-order chi connectivity index (χ1) is 14.4. The molecule has 14 nitrogen and oxygen atoms in total. The Bertz CT molecular complexity index is 1060. The first-order valence-electron chi connectivity index (χ1n) is 8.53. The number of esters is 1. The maximum atomic E-state index is 11.7. The Morgan fingerprint density at radius 1 is 1.55 bits per heavy atom. The summed E-state index contributed by atoms with van der Waals surface area (Å²) in [5.74, 6) is -3.61. The number of halogens is 1. The highest BCUT2D eigenvalue weighted by Gasteiger charge is 2.55. The van der Waals surface area contributed by atoms with Gasteiger partial charge in [0.1, 0.15) is 23.3 Å². The molecule has 170 valence electrons. The minimum absolute atomic E-state index is 0.0253. The fraction of sp³-hybridized carbons (Fsp3) is 0.467. The molecule has 2 aromatic rings. The summed E-state index contributed by atoms with van der Waals surface area (Å²) in [4.78, 5) is 42.1. The Morgan fingerprint density at radius 3 is 2.81 bits per heavy atom. The van der Waals surface area contributed by atoms with Gasteiger partial charge in [0, 0.05) is 0 Å². The smallest absolute Gasteiger partial charge is 0.365 e. The van der Waals surface area contributed by atoms with Crippen LogP contribution in [0, 0.1) is 0 Å². The number of carbonyl (C=O) groups excluding carboxylic acids is 1. The van der Waals surface area contributed by atoms with Crippen molar-refractivity contribution in [3.05, 3.63) is 24.3 Å². The van der Waals surface area contributed by atoms with E-state index in [4.69, 9.17) is 26.8 Å². The van der Waals surface area contributed by atoms with Gasteiger partial charge in [0.05, 0.1) is 20.0 Å². The number of aliphatic hydroxyl groups excluding tert-OH is 1.